The first-order valence-corrected chi connectivity index (χ1v) is 19.3. The molecule has 0 aliphatic carbocycles. The Kier molecular flexibility index (Phi) is 7.82. The SMILES string of the molecule is c1ccc(-c2cccc(-c3cc(-c4ccc(-c5cc6c(oc7cccc(-c8ccc9ccccc9c8)c76)c6ccccc56)cc4)nc(-c4ccccc4)n3)c2)cc1. The second-order valence-corrected chi connectivity index (χ2v) is 14.5. The number of fused-ring (bicyclic) bond motifs is 6. The van der Waals surface area contributed by atoms with Crippen LogP contribution in [0.5, 0.6) is 0 Å². The van der Waals surface area contributed by atoms with Crippen LogP contribution in [0.15, 0.2) is 211 Å². The predicted molar refractivity (Wildman–Crippen MR) is 237 cm³/mol. The first kappa shape index (κ1) is 32.8. The zero-order chi connectivity index (χ0) is 37.7. The molecule has 0 saturated heterocycles. The maximum absolute atomic E-state index is 6.70. The Hall–Kier alpha value is -7.62. The van der Waals surface area contributed by atoms with E-state index in [4.69, 9.17) is 14.4 Å². The summed E-state index contributed by atoms with van der Waals surface area (Å²) in [4.78, 5) is 10.2. The molecule has 266 valence electrons. The van der Waals surface area contributed by atoms with Gasteiger partial charge >= 0.3 is 0 Å². The highest BCUT2D eigenvalue weighted by Gasteiger charge is 2.19. The molecule has 0 bridgehead atoms. The van der Waals surface area contributed by atoms with E-state index in [1.165, 1.54) is 21.9 Å². The van der Waals surface area contributed by atoms with E-state index in [0.29, 0.717) is 5.82 Å². The van der Waals surface area contributed by atoms with Crippen LogP contribution >= 0.6 is 0 Å². The van der Waals surface area contributed by atoms with Crippen molar-refractivity contribution in [2.75, 3.05) is 0 Å². The van der Waals surface area contributed by atoms with Crippen LogP contribution in [0.1, 0.15) is 0 Å². The highest BCUT2D eigenvalue weighted by molar-refractivity contribution is 6.22. The van der Waals surface area contributed by atoms with E-state index in [0.717, 1.165) is 83.0 Å². The minimum Gasteiger partial charge on any atom is -0.455 e. The zero-order valence-electron chi connectivity index (χ0n) is 30.9. The molecule has 3 nitrogen and oxygen atoms in total. The first-order chi connectivity index (χ1) is 28.2. The van der Waals surface area contributed by atoms with Crippen LogP contribution in [-0.4, -0.2) is 9.97 Å². The van der Waals surface area contributed by atoms with Crippen molar-refractivity contribution >= 4 is 43.5 Å². The zero-order valence-corrected chi connectivity index (χ0v) is 30.9. The average Bonchev–Trinajstić information content (AvgIpc) is 3.68. The van der Waals surface area contributed by atoms with Crippen molar-refractivity contribution in [2.24, 2.45) is 0 Å². The van der Waals surface area contributed by atoms with Crippen LogP contribution in [0, 0.1) is 0 Å². The molecular weight excluding hydrogens is 693 g/mol. The smallest absolute Gasteiger partial charge is 0.160 e. The normalized spacial score (nSPS) is 11.5. The molecule has 11 rings (SSSR count). The van der Waals surface area contributed by atoms with Crippen LogP contribution in [-0.2, 0) is 0 Å². The number of nitrogens with zero attached hydrogens (tertiary/aromatic N) is 2. The van der Waals surface area contributed by atoms with Gasteiger partial charge < -0.3 is 4.42 Å². The number of rotatable bonds is 6. The minimum absolute atomic E-state index is 0.697. The van der Waals surface area contributed by atoms with Crippen molar-refractivity contribution in [1.29, 1.82) is 0 Å². The lowest BCUT2D eigenvalue weighted by molar-refractivity contribution is 0.673. The summed E-state index contributed by atoms with van der Waals surface area (Å²) in [5.41, 5.74) is 13.5. The third kappa shape index (κ3) is 5.85. The lowest BCUT2D eigenvalue weighted by atomic mass is 9.92. The quantitative estimate of drug-likeness (QED) is 0.171. The molecule has 0 saturated carbocycles. The van der Waals surface area contributed by atoms with Crippen molar-refractivity contribution in [1.82, 2.24) is 9.97 Å². The molecule has 0 aliphatic heterocycles. The lowest BCUT2D eigenvalue weighted by Gasteiger charge is -2.12. The average molecular weight is 727 g/mol. The summed E-state index contributed by atoms with van der Waals surface area (Å²) in [6.45, 7) is 0. The molecule has 2 aromatic heterocycles. The van der Waals surface area contributed by atoms with Crippen LogP contribution in [0.3, 0.4) is 0 Å². The van der Waals surface area contributed by atoms with Gasteiger partial charge in [0.1, 0.15) is 11.2 Å². The highest BCUT2D eigenvalue weighted by atomic mass is 16.3. The predicted octanol–water partition coefficient (Wildman–Crippen LogP) is 14.7. The highest BCUT2D eigenvalue weighted by Crippen LogP contribution is 2.43. The Morgan fingerprint density at radius 1 is 0.316 bits per heavy atom. The minimum atomic E-state index is 0.697. The number of benzene rings is 9. The monoisotopic (exact) mass is 726 g/mol. The third-order valence-electron chi connectivity index (χ3n) is 11.1. The molecule has 57 heavy (non-hydrogen) atoms. The Morgan fingerprint density at radius 2 is 0.930 bits per heavy atom. The van der Waals surface area contributed by atoms with Crippen molar-refractivity contribution in [3.8, 4) is 67.3 Å². The van der Waals surface area contributed by atoms with Crippen molar-refractivity contribution in [2.45, 2.75) is 0 Å². The molecule has 0 atom stereocenters. The summed E-state index contributed by atoms with van der Waals surface area (Å²) in [7, 11) is 0. The Labute approximate surface area is 330 Å². The second-order valence-electron chi connectivity index (χ2n) is 14.5. The number of aromatic nitrogens is 2. The standard InChI is InChI=1S/C54H34N2O/c1-3-13-35(14-4-1)41-19-11-20-43(32-41)50-34-49(55-54(56-50)39-16-5-2-6-17-39)38-28-26-37(27-29-38)47-33-48-52-44(42-30-25-36-15-7-8-18-40(36)31-42)23-12-24-51(52)57-53(48)46-22-10-9-21-45(46)47/h1-34H. The van der Waals surface area contributed by atoms with Gasteiger partial charge in [0.05, 0.1) is 11.4 Å². The molecule has 0 amide bonds. The third-order valence-corrected chi connectivity index (χ3v) is 11.1. The van der Waals surface area contributed by atoms with Gasteiger partial charge in [0.15, 0.2) is 5.82 Å². The van der Waals surface area contributed by atoms with Crippen LogP contribution in [0.25, 0.3) is 111 Å². The van der Waals surface area contributed by atoms with Crippen LogP contribution in [0.4, 0.5) is 0 Å². The number of hydrogen-bond acceptors (Lipinski definition) is 3. The van der Waals surface area contributed by atoms with Gasteiger partial charge in [0.25, 0.3) is 0 Å². The van der Waals surface area contributed by atoms with Crippen LogP contribution < -0.4 is 0 Å². The summed E-state index contributed by atoms with van der Waals surface area (Å²) in [5, 5.41) is 6.94. The van der Waals surface area contributed by atoms with Gasteiger partial charge in [-0.05, 0) is 79.9 Å². The van der Waals surface area contributed by atoms with Crippen LogP contribution in [0.2, 0.25) is 0 Å². The van der Waals surface area contributed by atoms with E-state index in [-0.39, 0.29) is 0 Å². The Bertz CT molecular complexity index is 3270. The van der Waals surface area contributed by atoms with Crippen molar-refractivity contribution < 1.29 is 4.42 Å². The van der Waals surface area contributed by atoms with Gasteiger partial charge in [-0.2, -0.15) is 0 Å². The summed E-state index contributed by atoms with van der Waals surface area (Å²) in [6.07, 6.45) is 0. The molecule has 2 heterocycles. The topological polar surface area (TPSA) is 38.9 Å². The number of furan rings is 1. The van der Waals surface area contributed by atoms with E-state index in [1.807, 2.05) is 24.3 Å². The van der Waals surface area contributed by atoms with Crippen molar-refractivity contribution in [3.05, 3.63) is 206 Å². The van der Waals surface area contributed by atoms with E-state index < -0.39 is 0 Å². The van der Waals surface area contributed by atoms with Gasteiger partial charge in [0, 0.05) is 32.8 Å². The Balaban J connectivity index is 1.04. The van der Waals surface area contributed by atoms with Gasteiger partial charge in [-0.1, -0.05) is 176 Å². The molecule has 0 N–H and O–H groups in total. The van der Waals surface area contributed by atoms with Gasteiger partial charge in [-0.15, -0.1) is 0 Å². The summed E-state index contributed by atoms with van der Waals surface area (Å²) in [5.74, 6) is 0.697. The largest absolute Gasteiger partial charge is 0.455 e. The maximum Gasteiger partial charge on any atom is 0.160 e. The molecule has 0 radical (unpaired) electrons. The molecule has 0 unspecified atom stereocenters. The van der Waals surface area contributed by atoms with E-state index in [9.17, 15) is 0 Å². The van der Waals surface area contributed by atoms with E-state index in [2.05, 4.69) is 182 Å². The molecule has 3 heteroatoms. The van der Waals surface area contributed by atoms with E-state index in [1.54, 1.807) is 0 Å². The second kappa shape index (κ2) is 13.6. The summed E-state index contributed by atoms with van der Waals surface area (Å²) >= 11 is 0. The van der Waals surface area contributed by atoms with E-state index >= 15 is 0 Å². The van der Waals surface area contributed by atoms with Gasteiger partial charge in [-0.25, -0.2) is 9.97 Å². The van der Waals surface area contributed by atoms with Gasteiger partial charge in [-0.3, -0.25) is 0 Å². The summed E-state index contributed by atoms with van der Waals surface area (Å²) in [6, 6.07) is 72.7. The fraction of sp³-hybridized carbons (Fsp3) is 0. The maximum atomic E-state index is 6.70. The first-order valence-electron chi connectivity index (χ1n) is 19.3. The molecule has 9 aromatic carbocycles. The molecule has 0 fully saturated rings. The molecule has 11 aromatic rings. The van der Waals surface area contributed by atoms with Crippen molar-refractivity contribution in [3.63, 3.8) is 0 Å². The Morgan fingerprint density at radius 3 is 1.74 bits per heavy atom. The summed E-state index contributed by atoms with van der Waals surface area (Å²) < 4.78 is 6.70. The lowest BCUT2D eigenvalue weighted by Crippen LogP contribution is -1.96. The fourth-order valence-corrected chi connectivity index (χ4v) is 8.25. The molecule has 0 aliphatic rings. The molecule has 0 spiro atoms. The van der Waals surface area contributed by atoms with Gasteiger partial charge in [0.2, 0.25) is 0 Å². The fourth-order valence-electron chi connectivity index (χ4n) is 8.25. The molecular formula is C54H34N2O. The number of hydrogen-bond donors (Lipinski definition) is 0.